The number of unbranched alkanes of at least 4 members (excludes halogenated alkanes) is 4. The molecule has 3 aromatic rings. The van der Waals surface area contributed by atoms with Crippen LogP contribution in [0.25, 0.3) is 5.69 Å². The molecule has 0 radical (unpaired) electrons. The van der Waals surface area contributed by atoms with Gasteiger partial charge in [0.1, 0.15) is 0 Å². The van der Waals surface area contributed by atoms with Crippen molar-refractivity contribution in [1.29, 1.82) is 0 Å². The fourth-order valence-electron chi connectivity index (χ4n) is 3.42. The summed E-state index contributed by atoms with van der Waals surface area (Å²) in [7, 11) is 0. The molecule has 0 spiro atoms. The normalized spacial score (nSPS) is 11.6. The van der Waals surface area contributed by atoms with E-state index in [1.807, 2.05) is 67.6 Å². The van der Waals surface area contributed by atoms with Gasteiger partial charge in [0.2, 0.25) is 0 Å². The number of aromatic nitrogens is 2. The van der Waals surface area contributed by atoms with Gasteiger partial charge in [-0.15, -0.1) is 0 Å². The van der Waals surface area contributed by atoms with E-state index in [9.17, 15) is 4.79 Å². The number of aromatic amines is 1. The first-order valence-corrected chi connectivity index (χ1v) is 10.5. The molecule has 0 fully saturated rings. The molecule has 152 valence electrons. The van der Waals surface area contributed by atoms with Crippen LogP contribution in [0.1, 0.15) is 56.7 Å². The molecule has 0 bridgehead atoms. The highest BCUT2D eigenvalue weighted by molar-refractivity contribution is 6.01. The molecule has 0 aliphatic carbocycles. The third kappa shape index (κ3) is 5.47. The summed E-state index contributed by atoms with van der Waals surface area (Å²) in [4.78, 5) is 13.2. The second kappa shape index (κ2) is 10.5. The van der Waals surface area contributed by atoms with E-state index in [2.05, 4.69) is 22.5 Å². The quantitative estimate of drug-likeness (QED) is 0.267. The van der Waals surface area contributed by atoms with E-state index in [1.54, 1.807) is 4.68 Å². The SMILES string of the molecule is CCCCCCCC(=NNc1ccccc1)c1c(C)[nH]n(-c2ccccc2)c1=O. The summed E-state index contributed by atoms with van der Waals surface area (Å²) in [6.07, 6.45) is 6.62. The lowest BCUT2D eigenvalue weighted by atomic mass is 10.0. The lowest BCUT2D eigenvalue weighted by Crippen LogP contribution is -2.21. The molecule has 0 aliphatic heterocycles. The van der Waals surface area contributed by atoms with Crippen LogP contribution in [0.4, 0.5) is 5.69 Å². The Morgan fingerprint density at radius 1 is 0.966 bits per heavy atom. The van der Waals surface area contributed by atoms with E-state index >= 15 is 0 Å². The van der Waals surface area contributed by atoms with Crippen molar-refractivity contribution in [3.63, 3.8) is 0 Å². The molecule has 3 rings (SSSR count). The second-order valence-electron chi connectivity index (χ2n) is 7.29. The van der Waals surface area contributed by atoms with Crippen LogP contribution >= 0.6 is 0 Å². The van der Waals surface area contributed by atoms with Crippen LogP contribution in [-0.4, -0.2) is 15.5 Å². The van der Waals surface area contributed by atoms with Crippen molar-refractivity contribution in [2.75, 3.05) is 5.43 Å². The third-order valence-electron chi connectivity index (χ3n) is 4.99. The number of H-pyrrole nitrogens is 1. The summed E-state index contributed by atoms with van der Waals surface area (Å²) >= 11 is 0. The maximum Gasteiger partial charge on any atom is 0.280 e. The number of benzene rings is 2. The fourth-order valence-corrected chi connectivity index (χ4v) is 3.42. The second-order valence-corrected chi connectivity index (χ2v) is 7.29. The van der Waals surface area contributed by atoms with Crippen molar-refractivity contribution in [3.8, 4) is 5.69 Å². The van der Waals surface area contributed by atoms with E-state index in [0.29, 0.717) is 5.56 Å². The van der Waals surface area contributed by atoms with Gasteiger partial charge in [-0.05, 0) is 44.0 Å². The number of nitrogens with zero attached hydrogens (tertiary/aromatic N) is 2. The number of hydrazone groups is 1. The molecule has 1 aromatic heterocycles. The van der Waals surface area contributed by atoms with E-state index in [0.717, 1.165) is 42.0 Å². The molecule has 0 atom stereocenters. The van der Waals surface area contributed by atoms with E-state index in [4.69, 9.17) is 0 Å². The monoisotopic (exact) mass is 390 g/mol. The topological polar surface area (TPSA) is 62.2 Å². The number of rotatable bonds is 10. The predicted molar refractivity (Wildman–Crippen MR) is 121 cm³/mol. The van der Waals surface area contributed by atoms with Crippen molar-refractivity contribution < 1.29 is 0 Å². The van der Waals surface area contributed by atoms with Crippen molar-refractivity contribution in [1.82, 2.24) is 9.78 Å². The summed E-state index contributed by atoms with van der Waals surface area (Å²) in [5.74, 6) is 0. The zero-order valence-corrected chi connectivity index (χ0v) is 17.3. The van der Waals surface area contributed by atoms with Gasteiger partial charge >= 0.3 is 0 Å². The molecule has 0 saturated carbocycles. The predicted octanol–water partition coefficient (Wildman–Crippen LogP) is 5.65. The summed E-state index contributed by atoms with van der Waals surface area (Å²) < 4.78 is 1.60. The maximum atomic E-state index is 13.2. The van der Waals surface area contributed by atoms with Crippen molar-refractivity contribution in [3.05, 3.63) is 82.3 Å². The Kier molecular flexibility index (Phi) is 7.45. The smallest absolute Gasteiger partial charge is 0.280 e. The Morgan fingerprint density at radius 2 is 1.62 bits per heavy atom. The number of para-hydroxylation sites is 2. The van der Waals surface area contributed by atoms with Crippen LogP contribution in [0.5, 0.6) is 0 Å². The van der Waals surface area contributed by atoms with Crippen molar-refractivity contribution in [2.45, 2.75) is 52.4 Å². The van der Waals surface area contributed by atoms with Crippen LogP contribution in [0.2, 0.25) is 0 Å². The summed E-state index contributed by atoms with van der Waals surface area (Å²) in [6, 6.07) is 19.5. The highest BCUT2D eigenvalue weighted by Gasteiger charge is 2.18. The Bertz CT molecular complexity index is 971. The minimum atomic E-state index is -0.0594. The van der Waals surface area contributed by atoms with Crippen LogP contribution in [0.3, 0.4) is 0 Å². The molecule has 0 aliphatic rings. The molecule has 0 saturated heterocycles. The number of hydrogen-bond acceptors (Lipinski definition) is 3. The Morgan fingerprint density at radius 3 is 2.31 bits per heavy atom. The number of nitrogens with one attached hydrogen (secondary N) is 2. The Hall–Kier alpha value is -3.08. The summed E-state index contributed by atoms with van der Waals surface area (Å²) in [6.45, 7) is 4.15. The van der Waals surface area contributed by atoms with Crippen LogP contribution in [0, 0.1) is 6.92 Å². The van der Waals surface area contributed by atoms with E-state index in [-0.39, 0.29) is 5.56 Å². The Labute approximate surface area is 172 Å². The summed E-state index contributed by atoms with van der Waals surface area (Å²) in [5, 5.41) is 7.86. The van der Waals surface area contributed by atoms with Gasteiger partial charge in [0.25, 0.3) is 5.56 Å². The average molecular weight is 391 g/mol. The van der Waals surface area contributed by atoms with Gasteiger partial charge in [0, 0.05) is 5.69 Å². The van der Waals surface area contributed by atoms with Crippen LogP contribution < -0.4 is 11.0 Å². The van der Waals surface area contributed by atoms with Crippen LogP contribution in [0.15, 0.2) is 70.6 Å². The van der Waals surface area contributed by atoms with E-state index < -0.39 is 0 Å². The van der Waals surface area contributed by atoms with E-state index in [1.165, 1.54) is 19.3 Å². The molecule has 0 amide bonds. The molecule has 2 aromatic carbocycles. The molecular weight excluding hydrogens is 360 g/mol. The molecule has 1 heterocycles. The minimum absolute atomic E-state index is 0.0594. The largest absolute Gasteiger partial charge is 0.295 e. The third-order valence-corrected chi connectivity index (χ3v) is 4.99. The minimum Gasteiger partial charge on any atom is -0.295 e. The standard InChI is InChI=1S/C24H30N4O/c1-3-4-5-6-13-18-22(26-25-20-14-9-7-10-15-20)23-19(2)27-28(24(23)29)21-16-11-8-12-17-21/h7-12,14-17,25,27H,3-6,13,18H2,1-2H3. The highest BCUT2D eigenvalue weighted by Crippen LogP contribution is 2.14. The van der Waals surface area contributed by atoms with Gasteiger partial charge in [-0.3, -0.25) is 15.3 Å². The van der Waals surface area contributed by atoms with Crippen LogP contribution in [-0.2, 0) is 0 Å². The first kappa shape index (κ1) is 20.6. The average Bonchev–Trinajstić information content (AvgIpc) is 3.05. The van der Waals surface area contributed by atoms with Gasteiger partial charge in [0.15, 0.2) is 0 Å². The lowest BCUT2D eigenvalue weighted by molar-refractivity contribution is 0.643. The van der Waals surface area contributed by atoms with Gasteiger partial charge in [-0.2, -0.15) is 5.10 Å². The first-order chi connectivity index (χ1) is 14.2. The number of aryl methyl sites for hydroxylation is 1. The van der Waals surface area contributed by atoms with Gasteiger partial charge in [-0.25, -0.2) is 4.68 Å². The molecule has 2 N–H and O–H groups in total. The van der Waals surface area contributed by atoms with Crippen molar-refractivity contribution in [2.24, 2.45) is 5.10 Å². The molecule has 5 heteroatoms. The van der Waals surface area contributed by atoms with Gasteiger partial charge in [0.05, 0.1) is 22.6 Å². The molecular formula is C24H30N4O. The zero-order chi connectivity index (χ0) is 20.5. The van der Waals surface area contributed by atoms with Crippen molar-refractivity contribution >= 4 is 11.4 Å². The number of anilines is 1. The Balaban J connectivity index is 1.88. The molecule has 0 unspecified atom stereocenters. The summed E-state index contributed by atoms with van der Waals surface area (Å²) in [5.41, 5.74) is 7.10. The molecule has 29 heavy (non-hydrogen) atoms. The zero-order valence-electron chi connectivity index (χ0n) is 17.3. The maximum absolute atomic E-state index is 13.2. The fraction of sp³-hybridized carbons (Fsp3) is 0.333. The number of hydrogen-bond donors (Lipinski definition) is 2. The van der Waals surface area contributed by atoms with Gasteiger partial charge in [-0.1, -0.05) is 69.0 Å². The van der Waals surface area contributed by atoms with Gasteiger partial charge < -0.3 is 0 Å². The molecule has 5 nitrogen and oxygen atoms in total. The first-order valence-electron chi connectivity index (χ1n) is 10.5. The lowest BCUT2D eigenvalue weighted by Gasteiger charge is -2.07. The highest BCUT2D eigenvalue weighted by atomic mass is 16.1.